The quantitative estimate of drug-likeness (QED) is 0.781. The van der Waals surface area contributed by atoms with Crippen molar-refractivity contribution >= 4 is 17.8 Å². The number of rotatable bonds is 4. The highest BCUT2D eigenvalue weighted by Gasteiger charge is 2.33. The smallest absolute Gasteiger partial charge is 0.358 e. The Hall–Kier alpha value is -2.18. The van der Waals surface area contributed by atoms with E-state index in [-0.39, 0.29) is 11.7 Å². The lowest BCUT2D eigenvalue weighted by atomic mass is 10.0. The van der Waals surface area contributed by atoms with E-state index in [1.54, 1.807) is 0 Å². The van der Waals surface area contributed by atoms with Crippen LogP contribution in [0.3, 0.4) is 0 Å². The molecule has 1 heterocycles. The highest BCUT2D eigenvalue weighted by atomic mass is 16.5. The average molecular weight is 265 g/mol. The third-order valence-electron chi connectivity index (χ3n) is 3.20. The van der Waals surface area contributed by atoms with Gasteiger partial charge in [0.25, 0.3) is 0 Å². The number of carbonyl (C=O) groups excluding carboxylic acids is 1. The van der Waals surface area contributed by atoms with Crippen molar-refractivity contribution in [3.8, 4) is 0 Å². The van der Waals surface area contributed by atoms with Crippen molar-refractivity contribution in [2.75, 3.05) is 12.4 Å². The number of carbonyl (C=O) groups is 2. The van der Waals surface area contributed by atoms with E-state index in [9.17, 15) is 9.59 Å². The van der Waals surface area contributed by atoms with Crippen LogP contribution in [0.25, 0.3) is 0 Å². The predicted octanol–water partition coefficient (Wildman–Crippen LogP) is 0.928. The number of hydrogen-bond donors (Lipinski definition) is 2. The van der Waals surface area contributed by atoms with Crippen LogP contribution in [0, 0.1) is 5.92 Å². The molecule has 0 aromatic carbocycles. The Morgan fingerprint density at radius 2 is 2.21 bits per heavy atom. The van der Waals surface area contributed by atoms with Crippen molar-refractivity contribution in [3.05, 3.63) is 18.1 Å². The van der Waals surface area contributed by atoms with Crippen molar-refractivity contribution in [1.29, 1.82) is 0 Å². The minimum Gasteiger partial charge on any atom is -0.481 e. The second-order valence-electron chi connectivity index (χ2n) is 4.41. The summed E-state index contributed by atoms with van der Waals surface area (Å²) in [7, 11) is 1.27. The minimum atomic E-state index is -0.813. The fourth-order valence-corrected chi connectivity index (χ4v) is 2.26. The Bertz CT molecular complexity index is 492. The van der Waals surface area contributed by atoms with Crippen LogP contribution in [-0.2, 0) is 9.53 Å². The summed E-state index contributed by atoms with van der Waals surface area (Å²) in [6.45, 7) is 0. The first-order valence-electron chi connectivity index (χ1n) is 6.01. The normalized spacial score (nSPS) is 21.9. The zero-order chi connectivity index (χ0) is 13.8. The van der Waals surface area contributed by atoms with Gasteiger partial charge in [-0.3, -0.25) is 9.78 Å². The molecule has 2 N–H and O–H groups in total. The van der Waals surface area contributed by atoms with Crippen molar-refractivity contribution < 1.29 is 19.4 Å². The SMILES string of the molecule is COC(=O)c1cncc(NC2CCCC2C(=O)O)n1. The number of aliphatic carboxylic acids is 1. The van der Waals surface area contributed by atoms with Gasteiger partial charge in [-0.05, 0) is 12.8 Å². The number of aromatic nitrogens is 2. The molecule has 0 amide bonds. The zero-order valence-electron chi connectivity index (χ0n) is 10.5. The van der Waals surface area contributed by atoms with Crippen LogP contribution < -0.4 is 5.32 Å². The third kappa shape index (κ3) is 2.98. The molecule has 2 unspecified atom stereocenters. The van der Waals surface area contributed by atoms with Crippen LogP contribution in [0.1, 0.15) is 29.8 Å². The van der Waals surface area contributed by atoms with Gasteiger partial charge in [-0.2, -0.15) is 0 Å². The maximum Gasteiger partial charge on any atom is 0.358 e. The molecule has 0 aliphatic heterocycles. The number of hydrogen-bond acceptors (Lipinski definition) is 6. The summed E-state index contributed by atoms with van der Waals surface area (Å²) in [4.78, 5) is 30.4. The molecule has 2 rings (SSSR count). The topological polar surface area (TPSA) is 101 Å². The Morgan fingerprint density at radius 1 is 1.42 bits per heavy atom. The standard InChI is InChI=1S/C12H15N3O4/c1-19-12(18)9-5-13-6-10(15-9)14-8-4-2-3-7(8)11(16)17/h5-8H,2-4H2,1H3,(H,14,15)(H,16,17). The Balaban J connectivity index is 2.10. The van der Waals surface area contributed by atoms with E-state index < -0.39 is 17.9 Å². The molecule has 7 heteroatoms. The highest BCUT2D eigenvalue weighted by molar-refractivity contribution is 5.87. The lowest BCUT2D eigenvalue weighted by Crippen LogP contribution is -2.30. The van der Waals surface area contributed by atoms with Gasteiger partial charge >= 0.3 is 11.9 Å². The molecular weight excluding hydrogens is 250 g/mol. The van der Waals surface area contributed by atoms with E-state index in [2.05, 4.69) is 20.0 Å². The third-order valence-corrected chi connectivity index (χ3v) is 3.20. The number of nitrogens with zero attached hydrogens (tertiary/aromatic N) is 2. The maximum atomic E-state index is 11.3. The first kappa shape index (κ1) is 13.3. The lowest BCUT2D eigenvalue weighted by molar-refractivity contribution is -0.141. The van der Waals surface area contributed by atoms with Crippen LogP contribution in [0.4, 0.5) is 5.82 Å². The molecule has 1 aliphatic carbocycles. The molecular formula is C12H15N3O4. The van der Waals surface area contributed by atoms with Gasteiger partial charge in [-0.25, -0.2) is 9.78 Å². The van der Waals surface area contributed by atoms with Crippen molar-refractivity contribution in [2.45, 2.75) is 25.3 Å². The number of anilines is 1. The lowest BCUT2D eigenvalue weighted by Gasteiger charge is -2.17. The number of esters is 1. The molecule has 2 atom stereocenters. The van der Waals surface area contributed by atoms with Gasteiger partial charge in [-0.1, -0.05) is 6.42 Å². The van der Waals surface area contributed by atoms with E-state index in [0.717, 1.165) is 12.8 Å². The van der Waals surface area contributed by atoms with Gasteiger partial charge in [0.15, 0.2) is 5.69 Å². The monoisotopic (exact) mass is 265 g/mol. The molecule has 1 aromatic rings. The second-order valence-corrected chi connectivity index (χ2v) is 4.41. The van der Waals surface area contributed by atoms with Gasteiger partial charge in [-0.15, -0.1) is 0 Å². The van der Waals surface area contributed by atoms with Crippen LogP contribution in [0.2, 0.25) is 0 Å². The zero-order valence-corrected chi connectivity index (χ0v) is 10.5. The largest absolute Gasteiger partial charge is 0.481 e. The van der Waals surface area contributed by atoms with E-state index in [0.29, 0.717) is 12.2 Å². The van der Waals surface area contributed by atoms with E-state index in [1.807, 2.05) is 0 Å². The van der Waals surface area contributed by atoms with Gasteiger partial charge in [0.2, 0.25) is 0 Å². The summed E-state index contributed by atoms with van der Waals surface area (Å²) in [5.41, 5.74) is 0.0948. The maximum absolute atomic E-state index is 11.3. The summed E-state index contributed by atoms with van der Waals surface area (Å²) in [6.07, 6.45) is 5.04. The van der Waals surface area contributed by atoms with Gasteiger partial charge < -0.3 is 15.2 Å². The average Bonchev–Trinajstić information content (AvgIpc) is 2.86. The molecule has 0 spiro atoms. The van der Waals surface area contributed by atoms with Crippen molar-refractivity contribution in [1.82, 2.24) is 9.97 Å². The first-order chi connectivity index (χ1) is 9.11. The molecule has 0 radical (unpaired) electrons. The van der Waals surface area contributed by atoms with Gasteiger partial charge in [0.1, 0.15) is 5.82 Å². The Kier molecular flexibility index (Phi) is 3.94. The molecule has 1 fully saturated rings. The van der Waals surface area contributed by atoms with E-state index in [1.165, 1.54) is 19.5 Å². The summed E-state index contributed by atoms with van der Waals surface area (Å²) >= 11 is 0. The second kappa shape index (κ2) is 5.64. The van der Waals surface area contributed by atoms with Crippen LogP contribution in [-0.4, -0.2) is 40.2 Å². The summed E-state index contributed by atoms with van der Waals surface area (Å²) in [6, 6.07) is -0.181. The number of nitrogens with one attached hydrogen (secondary N) is 1. The number of carboxylic acids is 1. The minimum absolute atomic E-state index is 0.0948. The van der Waals surface area contributed by atoms with Gasteiger partial charge in [0, 0.05) is 6.04 Å². The summed E-state index contributed by atoms with van der Waals surface area (Å²) in [5.74, 6) is -1.42. The summed E-state index contributed by atoms with van der Waals surface area (Å²) < 4.78 is 4.56. The van der Waals surface area contributed by atoms with Crippen LogP contribution in [0.15, 0.2) is 12.4 Å². The number of methoxy groups -OCH3 is 1. The van der Waals surface area contributed by atoms with Crippen LogP contribution in [0.5, 0.6) is 0 Å². The molecule has 1 aromatic heterocycles. The van der Waals surface area contributed by atoms with Crippen molar-refractivity contribution in [3.63, 3.8) is 0 Å². The molecule has 1 saturated carbocycles. The fraction of sp³-hybridized carbons (Fsp3) is 0.500. The molecule has 7 nitrogen and oxygen atoms in total. The predicted molar refractivity (Wildman–Crippen MR) is 65.8 cm³/mol. The molecule has 102 valence electrons. The highest BCUT2D eigenvalue weighted by Crippen LogP contribution is 2.28. The summed E-state index contributed by atoms with van der Waals surface area (Å²) in [5, 5.41) is 12.1. The number of carboxylic acid groups (broad SMARTS) is 1. The first-order valence-corrected chi connectivity index (χ1v) is 6.01. The number of ether oxygens (including phenoxy) is 1. The molecule has 19 heavy (non-hydrogen) atoms. The fourth-order valence-electron chi connectivity index (χ4n) is 2.26. The molecule has 0 saturated heterocycles. The molecule has 1 aliphatic rings. The molecule has 0 bridgehead atoms. The van der Waals surface area contributed by atoms with E-state index >= 15 is 0 Å². The Morgan fingerprint density at radius 3 is 2.89 bits per heavy atom. The van der Waals surface area contributed by atoms with Crippen LogP contribution >= 0.6 is 0 Å². The van der Waals surface area contributed by atoms with E-state index in [4.69, 9.17) is 5.11 Å². The Labute approximate surface area is 110 Å². The van der Waals surface area contributed by atoms with Gasteiger partial charge in [0.05, 0.1) is 25.4 Å². The van der Waals surface area contributed by atoms with Crippen molar-refractivity contribution in [2.24, 2.45) is 5.92 Å².